The summed E-state index contributed by atoms with van der Waals surface area (Å²) in [5, 5.41) is 4.18. The summed E-state index contributed by atoms with van der Waals surface area (Å²) in [5.74, 6) is 2.01. The van der Waals surface area contributed by atoms with E-state index >= 15 is 0 Å². The summed E-state index contributed by atoms with van der Waals surface area (Å²) in [6.07, 6.45) is 1.67. The molecular formula is C16H16N4O2. The molecule has 0 saturated heterocycles. The Balaban J connectivity index is 1.76. The number of hydrazone groups is 1. The Kier molecular flexibility index (Phi) is 3.91. The summed E-state index contributed by atoms with van der Waals surface area (Å²) in [4.78, 5) is 7.52. The molecule has 0 aliphatic rings. The molecule has 112 valence electrons. The molecule has 0 bridgehead atoms. The van der Waals surface area contributed by atoms with Crippen molar-refractivity contribution in [3.05, 3.63) is 48.0 Å². The van der Waals surface area contributed by atoms with Crippen molar-refractivity contribution < 1.29 is 9.47 Å². The first-order chi connectivity index (χ1) is 10.8. The van der Waals surface area contributed by atoms with Gasteiger partial charge in [0.25, 0.3) is 0 Å². The van der Waals surface area contributed by atoms with E-state index in [1.165, 1.54) is 0 Å². The number of H-pyrrole nitrogens is 1. The van der Waals surface area contributed by atoms with Gasteiger partial charge in [-0.1, -0.05) is 12.1 Å². The second kappa shape index (κ2) is 6.17. The first kappa shape index (κ1) is 13.9. The second-order valence-corrected chi connectivity index (χ2v) is 4.58. The van der Waals surface area contributed by atoms with Gasteiger partial charge in [0.15, 0.2) is 0 Å². The highest BCUT2D eigenvalue weighted by molar-refractivity contribution is 5.84. The fourth-order valence-corrected chi connectivity index (χ4v) is 2.09. The molecule has 1 aromatic heterocycles. The maximum absolute atomic E-state index is 5.32. The molecular weight excluding hydrogens is 280 g/mol. The maximum Gasteiger partial charge on any atom is 0.222 e. The monoisotopic (exact) mass is 296 g/mol. The lowest BCUT2D eigenvalue weighted by Crippen LogP contribution is -1.95. The first-order valence-electron chi connectivity index (χ1n) is 6.76. The molecule has 0 spiro atoms. The Morgan fingerprint density at radius 2 is 2.00 bits per heavy atom. The number of aromatic amines is 1. The van der Waals surface area contributed by atoms with Crippen LogP contribution in [0, 0.1) is 0 Å². The standard InChI is InChI=1S/C16H16N4O2/c1-21-12-8-7-11(15(9-12)22-2)10-17-20-16-18-13-5-3-4-6-14(13)19-16/h3-10H,1-2H3,(H2,18,19,20)/b17-10-. The number of hydrogen-bond donors (Lipinski definition) is 2. The predicted octanol–water partition coefficient (Wildman–Crippen LogP) is 3.03. The Hall–Kier alpha value is -3.02. The average Bonchev–Trinajstić information content (AvgIpc) is 2.97. The van der Waals surface area contributed by atoms with Crippen LogP contribution in [0.1, 0.15) is 5.56 Å². The predicted molar refractivity (Wildman–Crippen MR) is 86.9 cm³/mol. The van der Waals surface area contributed by atoms with Crippen LogP contribution in [0.2, 0.25) is 0 Å². The summed E-state index contributed by atoms with van der Waals surface area (Å²) in [5.41, 5.74) is 5.57. The molecule has 0 unspecified atom stereocenters. The van der Waals surface area contributed by atoms with Gasteiger partial charge in [0.2, 0.25) is 5.95 Å². The molecule has 2 aromatic carbocycles. The van der Waals surface area contributed by atoms with Gasteiger partial charge in [0.1, 0.15) is 11.5 Å². The molecule has 0 atom stereocenters. The van der Waals surface area contributed by atoms with Crippen molar-refractivity contribution >= 4 is 23.2 Å². The summed E-state index contributed by atoms with van der Waals surface area (Å²) in [6.45, 7) is 0. The van der Waals surface area contributed by atoms with Gasteiger partial charge >= 0.3 is 0 Å². The average molecular weight is 296 g/mol. The molecule has 1 heterocycles. The van der Waals surface area contributed by atoms with E-state index in [0.29, 0.717) is 11.7 Å². The Labute approximate surface area is 127 Å². The molecule has 6 nitrogen and oxygen atoms in total. The Morgan fingerprint density at radius 1 is 1.14 bits per heavy atom. The molecule has 0 fully saturated rings. The van der Waals surface area contributed by atoms with Crippen molar-refractivity contribution in [1.29, 1.82) is 0 Å². The largest absolute Gasteiger partial charge is 0.497 e. The van der Waals surface area contributed by atoms with Crippen LogP contribution < -0.4 is 14.9 Å². The van der Waals surface area contributed by atoms with E-state index in [4.69, 9.17) is 9.47 Å². The van der Waals surface area contributed by atoms with E-state index in [1.807, 2.05) is 42.5 Å². The number of imidazole rings is 1. The highest BCUT2D eigenvalue weighted by Gasteiger charge is 2.03. The third-order valence-corrected chi connectivity index (χ3v) is 3.20. The molecule has 0 saturated carbocycles. The third-order valence-electron chi connectivity index (χ3n) is 3.20. The molecule has 2 N–H and O–H groups in total. The summed E-state index contributed by atoms with van der Waals surface area (Å²) < 4.78 is 10.5. The number of ether oxygens (including phenoxy) is 2. The quantitative estimate of drug-likeness (QED) is 0.561. The smallest absolute Gasteiger partial charge is 0.222 e. The molecule has 22 heavy (non-hydrogen) atoms. The van der Waals surface area contributed by atoms with Crippen molar-refractivity contribution in [1.82, 2.24) is 9.97 Å². The SMILES string of the molecule is COc1ccc(/C=N\Nc2nc3ccccc3[nH]2)c(OC)c1. The molecule has 3 aromatic rings. The molecule has 6 heteroatoms. The number of fused-ring (bicyclic) bond motifs is 1. The van der Waals surface area contributed by atoms with E-state index in [2.05, 4.69) is 20.5 Å². The third kappa shape index (κ3) is 2.85. The number of aromatic nitrogens is 2. The van der Waals surface area contributed by atoms with Crippen LogP contribution in [0.5, 0.6) is 11.5 Å². The topological polar surface area (TPSA) is 71.5 Å². The molecule has 0 amide bonds. The highest BCUT2D eigenvalue weighted by atomic mass is 16.5. The lowest BCUT2D eigenvalue weighted by atomic mass is 10.2. The van der Waals surface area contributed by atoms with Crippen LogP contribution in [0.15, 0.2) is 47.6 Å². The van der Waals surface area contributed by atoms with Crippen molar-refractivity contribution in [2.75, 3.05) is 19.6 Å². The zero-order valence-corrected chi connectivity index (χ0v) is 12.3. The molecule has 0 radical (unpaired) electrons. The number of benzene rings is 2. The van der Waals surface area contributed by atoms with Crippen molar-refractivity contribution in [3.8, 4) is 11.5 Å². The van der Waals surface area contributed by atoms with Gasteiger partial charge in [-0.05, 0) is 24.3 Å². The van der Waals surface area contributed by atoms with Crippen LogP contribution >= 0.6 is 0 Å². The van der Waals surface area contributed by atoms with Gasteiger partial charge in [-0.3, -0.25) is 0 Å². The van der Waals surface area contributed by atoms with Crippen LogP contribution in [0.3, 0.4) is 0 Å². The fourth-order valence-electron chi connectivity index (χ4n) is 2.09. The van der Waals surface area contributed by atoms with Gasteiger partial charge in [-0.15, -0.1) is 0 Å². The Bertz CT molecular complexity index is 778. The normalized spacial score (nSPS) is 11.0. The Morgan fingerprint density at radius 3 is 2.77 bits per heavy atom. The van der Waals surface area contributed by atoms with E-state index < -0.39 is 0 Å². The number of anilines is 1. The minimum Gasteiger partial charge on any atom is -0.497 e. The van der Waals surface area contributed by atoms with Gasteiger partial charge in [-0.2, -0.15) is 5.10 Å². The zero-order chi connectivity index (χ0) is 15.4. The molecule has 0 aliphatic carbocycles. The van der Waals surface area contributed by atoms with Crippen molar-refractivity contribution in [3.63, 3.8) is 0 Å². The molecule has 3 rings (SSSR count). The number of hydrogen-bond acceptors (Lipinski definition) is 5. The number of methoxy groups -OCH3 is 2. The van der Waals surface area contributed by atoms with E-state index in [0.717, 1.165) is 22.3 Å². The van der Waals surface area contributed by atoms with Crippen LogP contribution in [-0.2, 0) is 0 Å². The number of para-hydroxylation sites is 2. The van der Waals surface area contributed by atoms with Crippen LogP contribution in [0.4, 0.5) is 5.95 Å². The van der Waals surface area contributed by atoms with Crippen LogP contribution in [0.25, 0.3) is 11.0 Å². The zero-order valence-electron chi connectivity index (χ0n) is 12.3. The van der Waals surface area contributed by atoms with Gasteiger partial charge < -0.3 is 14.5 Å². The second-order valence-electron chi connectivity index (χ2n) is 4.58. The lowest BCUT2D eigenvalue weighted by molar-refractivity contribution is 0.394. The lowest BCUT2D eigenvalue weighted by Gasteiger charge is -2.06. The summed E-state index contributed by atoms with van der Waals surface area (Å²) in [7, 11) is 3.23. The van der Waals surface area contributed by atoms with Crippen molar-refractivity contribution in [2.24, 2.45) is 5.10 Å². The van der Waals surface area contributed by atoms with Gasteiger partial charge in [-0.25, -0.2) is 10.4 Å². The summed E-state index contributed by atoms with van der Waals surface area (Å²) >= 11 is 0. The number of nitrogens with one attached hydrogen (secondary N) is 2. The van der Waals surface area contributed by atoms with Crippen LogP contribution in [-0.4, -0.2) is 30.4 Å². The van der Waals surface area contributed by atoms with Gasteiger partial charge in [0, 0.05) is 11.6 Å². The van der Waals surface area contributed by atoms with E-state index in [1.54, 1.807) is 20.4 Å². The molecule has 0 aliphatic heterocycles. The van der Waals surface area contributed by atoms with E-state index in [-0.39, 0.29) is 0 Å². The number of rotatable bonds is 5. The summed E-state index contributed by atoms with van der Waals surface area (Å²) in [6, 6.07) is 13.3. The van der Waals surface area contributed by atoms with Crippen molar-refractivity contribution in [2.45, 2.75) is 0 Å². The fraction of sp³-hybridized carbons (Fsp3) is 0.125. The number of nitrogens with zero attached hydrogens (tertiary/aromatic N) is 2. The minimum absolute atomic E-state index is 0.588. The highest BCUT2D eigenvalue weighted by Crippen LogP contribution is 2.23. The maximum atomic E-state index is 5.32. The minimum atomic E-state index is 0.588. The van der Waals surface area contributed by atoms with E-state index in [9.17, 15) is 0 Å². The van der Waals surface area contributed by atoms with Gasteiger partial charge in [0.05, 0.1) is 31.5 Å². The first-order valence-corrected chi connectivity index (χ1v) is 6.76.